The van der Waals surface area contributed by atoms with Crippen molar-refractivity contribution in [3.63, 3.8) is 0 Å². The molecule has 96 valence electrons. The molecule has 0 atom stereocenters. The standard InChI is InChI=1S/C13H14FNO3/c1-9(16)15-6-2-3-10-4-5-12(14)11(7-10)8-13(17)18/h2-5,7H,6,8H2,1H3,(H,15,16)(H,17,18). The van der Waals surface area contributed by atoms with E-state index in [1.54, 1.807) is 18.2 Å². The minimum Gasteiger partial charge on any atom is -0.481 e. The number of carboxylic acids is 1. The lowest BCUT2D eigenvalue weighted by molar-refractivity contribution is -0.136. The normalized spacial score (nSPS) is 10.6. The first-order chi connectivity index (χ1) is 8.49. The van der Waals surface area contributed by atoms with E-state index < -0.39 is 11.8 Å². The van der Waals surface area contributed by atoms with E-state index in [4.69, 9.17) is 5.11 Å². The summed E-state index contributed by atoms with van der Waals surface area (Å²) in [6, 6.07) is 4.26. The van der Waals surface area contributed by atoms with Gasteiger partial charge in [0.25, 0.3) is 0 Å². The Morgan fingerprint density at radius 3 is 2.78 bits per heavy atom. The molecule has 0 aliphatic heterocycles. The summed E-state index contributed by atoms with van der Waals surface area (Å²) in [6.07, 6.45) is 3.05. The molecule has 0 unspecified atom stereocenters. The van der Waals surface area contributed by atoms with Crippen molar-refractivity contribution in [1.82, 2.24) is 5.32 Å². The van der Waals surface area contributed by atoms with Gasteiger partial charge in [0.1, 0.15) is 5.82 Å². The van der Waals surface area contributed by atoms with Gasteiger partial charge in [0, 0.05) is 13.5 Å². The van der Waals surface area contributed by atoms with Crippen LogP contribution in [-0.4, -0.2) is 23.5 Å². The highest BCUT2D eigenvalue weighted by atomic mass is 19.1. The van der Waals surface area contributed by atoms with Crippen molar-refractivity contribution in [2.75, 3.05) is 6.54 Å². The predicted molar refractivity (Wildman–Crippen MR) is 65.5 cm³/mol. The second kappa shape index (κ2) is 6.54. The third-order valence-electron chi connectivity index (χ3n) is 2.19. The molecular formula is C13H14FNO3. The van der Waals surface area contributed by atoms with Crippen molar-refractivity contribution >= 4 is 18.0 Å². The zero-order valence-corrected chi connectivity index (χ0v) is 9.94. The molecule has 0 aliphatic rings. The number of carbonyl (C=O) groups is 2. The van der Waals surface area contributed by atoms with E-state index in [-0.39, 0.29) is 17.9 Å². The van der Waals surface area contributed by atoms with Crippen molar-refractivity contribution < 1.29 is 19.1 Å². The molecule has 1 aromatic carbocycles. The van der Waals surface area contributed by atoms with Crippen LogP contribution >= 0.6 is 0 Å². The molecule has 0 radical (unpaired) electrons. The van der Waals surface area contributed by atoms with Crippen LogP contribution in [0.1, 0.15) is 18.1 Å². The smallest absolute Gasteiger partial charge is 0.307 e. The molecule has 1 rings (SSSR count). The average Bonchev–Trinajstić information content (AvgIpc) is 2.27. The Bertz CT molecular complexity index is 483. The Hall–Kier alpha value is -2.17. The van der Waals surface area contributed by atoms with Crippen molar-refractivity contribution in [2.24, 2.45) is 0 Å². The number of amides is 1. The molecule has 1 amide bonds. The third-order valence-corrected chi connectivity index (χ3v) is 2.19. The second-order valence-electron chi connectivity index (χ2n) is 3.76. The molecule has 0 fully saturated rings. The Morgan fingerprint density at radius 1 is 1.44 bits per heavy atom. The van der Waals surface area contributed by atoms with Gasteiger partial charge in [0.05, 0.1) is 6.42 Å². The third kappa shape index (κ3) is 4.78. The number of nitrogens with one attached hydrogen (secondary N) is 1. The van der Waals surface area contributed by atoms with Crippen LogP contribution in [0, 0.1) is 5.82 Å². The first kappa shape index (κ1) is 13.9. The Balaban J connectivity index is 2.72. The van der Waals surface area contributed by atoms with Crippen molar-refractivity contribution in [2.45, 2.75) is 13.3 Å². The molecule has 0 spiro atoms. The monoisotopic (exact) mass is 251 g/mol. The SMILES string of the molecule is CC(=O)NCC=Cc1ccc(F)c(CC(=O)O)c1. The van der Waals surface area contributed by atoms with Crippen LogP contribution in [0.3, 0.4) is 0 Å². The van der Waals surface area contributed by atoms with Crippen LogP contribution in [-0.2, 0) is 16.0 Å². The first-order valence-electron chi connectivity index (χ1n) is 5.40. The summed E-state index contributed by atoms with van der Waals surface area (Å²) in [7, 11) is 0. The maximum absolute atomic E-state index is 13.3. The molecule has 18 heavy (non-hydrogen) atoms. The summed E-state index contributed by atoms with van der Waals surface area (Å²) in [5.41, 5.74) is 0.835. The summed E-state index contributed by atoms with van der Waals surface area (Å²) in [5, 5.41) is 11.2. The molecule has 0 aromatic heterocycles. The summed E-state index contributed by atoms with van der Waals surface area (Å²) in [4.78, 5) is 21.2. The maximum Gasteiger partial charge on any atom is 0.307 e. The van der Waals surface area contributed by atoms with E-state index in [1.807, 2.05) is 0 Å². The van der Waals surface area contributed by atoms with E-state index >= 15 is 0 Å². The number of carbonyl (C=O) groups excluding carboxylic acids is 1. The summed E-state index contributed by atoms with van der Waals surface area (Å²) >= 11 is 0. The van der Waals surface area contributed by atoms with Gasteiger partial charge in [-0.1, -0.05) is 18.2 Å². The fraction of sp³-hybridized carbons (Fsp3) is 0.231. The van der Waals surface area contributed by atoms with Gasteiger partial charge in [-0.3, -0.25) is 9.59 Å². The van der Waals surface area contributed by atoms with E-state index in [9.17, 15) is 14.0 Å². The molecule has 5 heteroatoms. The van der Waals surface area contributed by atoms with Gasteiger partial charge in [-0.15, -0.1) is 0 Å². The Labute approximate surface area is 104 Å². The largest absolute Gasteiger partial charge is 0.481 e. The number of hydrogen-bond acceptors (Lipinski definition) is 2. The maximum atomic E-state index is 13.3. The van der Waals surface area contributed by atoms with Crippen molar-refractivity contribution in [3.8, 4) is 0 Å². The average molecular weight is 251 g/mol. The van der Waals surface area contributed by atoms with Crippen LogP contribution in [0.25, 0.3) is 6.08 Å². The molecule has 0 heterocycles. The molecule has 0 saturated heterocycles. The van der Waals surface area contributed by atoms with Crippen LogP contribution in [0.5, 0.6) is 0 Å². The van der Waals surface area contributed by atoms with Gasteiger partial charge >= 0.3 is 5.97 Å². The molecule has 0 saturated carbocycles. The Morgan fingerprint density at radius 2 is 2.17 bits per heavy atom. The molecule has 1 aromatic rings. The number of aliphatic carboxylic acids is 1. The minimum absolute atomic E-state index is 0.134. The van der Waals surface area contributed by atoms with E-state index in [1.165, 1.54) is 19.1 Å². The van der Waals surface area contributed by atoms with E-state index in [0.717, 1.165) is 0 Å². The second-order valence-corrected chi connectivity index (χ2v) is 3.76. The van der Waals surface area contributed by atoms with Gasteiger partial charge in [-0.25, -0.2) is 4.39 Å². The van der Waals surface area contributed by atoms with Gasteiger partial charge in [0.2, 0.25) is 5.91 Å². The summed E-state index contributed by atoms with van der Waals surface area (Å²) in [5.74, 6) is -1.74. The number of halogens is 1. The van der Waals surface area contributed by atoms with Gasteiger partial charge in [0.15, 0.2) is 0 Å². The lowest BCUT2D eigenvalue weighted by atomic mass is 10.1. The predicted octanol–water partition coefficient (Wildman–Crippen LogP) is 1.60. The fourth-order valence-electron chi connectivity index (χ4n) is 1.39. The van der Waals surface area contributed by atoms with Crippen LogP contribution in [0.15, 0.2) is 24.3 Å². The number of hydrogen-bond donors (Lipinski definition) is 2. The highest BCUT2D eigenvalue weighted by Crippen LogP contribution is 2.12. The van der Waals surface area contributed by atoms with Gasteiger partial charge in [-0.05, 0) is 23.3 Å². The number of benzene rings is 1. The van der Waals surface area contributed by atoms with Crippen LogP contribution < -0.4 is 5.32 Å². The van der Waals surface area contributed by atoms with Crippen molar-refractivity contribution in [1.29, 1.82) is 0 Å². The van der Waals surface area contributed by atoms with E-state index in [2.05, 4.69) is 5.32 Å². The zero-order valence-electron chi connectivity index (χ0n) is 9.94. The van der Waals surface area contributed by atoms with Gasteiger partial charge < -0.3 is 10.4 Å². The highest BCUT2D eigenvalue weighted by Gasteiger charge is 2.06. The van der Waals surface area contributed by atoms with Crippen molar-refractivity contribution in [3.05, 3.63) is 41.2 Å². The lowest BCUT2D eigenvalue weighted by Gasteiger charge is -2.02. The molecular weight excluding hydrogens is 237 g/mol. The zero-order chi connectivity index (χ0) is 13.5. The molecule has 0 aliphatic carbocycles. The van der Waals surface area contributed by atoms with E-state index in [0.29, 0.717) is 12.1 Å². The molecule has 4 nitrogen and oxygen atoms in total. The minimum atomic E-state index is -1.08. The Kier molecular flexibility index (Phi) is 5.05. The first-order valence-corrected chi connectivity index (χ1v) is 5.40. The number of carboxylic acid groups (broad SMARTS) is 1. The molecule has 0 bridgehead atoms. The molecule has 2 N–H and O–H groups in total. The number of rotatable bonds is 5. The summed E-state index contributed by atoms with van der Waals surface area (Å²) < 4.78 is 13.3. The fourth-order valence-corrected chi connectivity index (χ4v) is 1.39. The quantitative estimate of drug-likeness (QED) is 0.835. The lowest BCUT2D eigenvalue weighted by Crippen LogP contribution is -2.19. The van der Waals surface area contributed by atoms with Crippen LogP contribution in [0.4, 0.5) is 4.39 Å². The van der Waals surface area contributed by atoms with Gasteiger partial charge in [-0.2, -0.15) is 0 Å². The highest BCUT2D eigenvalue weighted by molar-refractivity contribution is 5.73. The summed E-state index contributed by atoms with van der Waals surface area (Å²) in [6.45, 7) is 1.79. The topological polar surface area (TPSA) is 66.4 Å². The van der Waals surface area contributed by atoms with Crippen LogP contribution in [0.2, 0.25) is 0 Å².